The standard InChI is InChI=1S/C20H16F2N8O/c1-11(27-18-14(9-23)17(24)25-10-26-18)19-28-29-8-7-13(16(21)22)15(29)20(31)30(19)12-5-3-2-4-6-12/h2-8,10-11,16H,1H3,(H3,24,25,26,27)/t11-/m0/s1. The van der Waals surface area contributed by atoms with Crippen LogP contribution in [0.4, 0.5) is 20.4 Å². The van der Waals surface area contributed by atoms with E-state index in [1.54, 1.807) is 37.3 Å². The van der Waals surface area contributed by atoms with Crippen molar-refractivity contribution in [2.24, 2.45) is 0 Å². The normalized spacial score (nSPS) is 12.1. The van der Waals surface area contributed by atoms with Crippen LogP contribution in [0, 0.1) is 11.3 Å². The zero-order valence-electron chi connectivity index (χ0n) is 16.2. The number of nitriles is 1. The first-order chi connectivity index (χ1) is 14.9. The summed E-state index contributed by atoms with van der Waals surface area (Å²) in [6.07, 6.45) is -0.313. The highest BCUT2D eigenvalue weighted by atomic mass is 19.3. The summed E-state index contributed by atoms with van der Waals surface area (Å²) in [5.41, 5.74) is 4.98. The molecule has 0 amide bonds. The molecule has 1 atom stereocenters. The number of nitrogen functional groups attached to an aromatic ring is 1. The van der Waals surface area contributed by atoms with Gasteiger partial charge in [0.25, 0.3) is 12.0 Å². The molecule has 0 spiro atoms. The molecule has 0 aliphatic heterocycles. The number of anilines is 2. The lowest BCUT2D eigenvalue weighted by Crippen LogP contribution is -2.30. The van der Waals surface area contributed by atoms with E-state index in [-0.39, 0.29) is 28.5 Å². The molecular weight excluding hydrogens is 406 g/mol. The molecule has 0 fully saturated rings. The van der Waals surface area contributed by atoms with Crippen molar-refractivity contribution < 1.29 is 8.78 Å². The average Bonchev–Trinajstić information content (AvgIpc) is 3.19. The predicted octanol–water partition coefficient (Wildman–Crippen LogP) is 2.84. The van der Waals surface area contributed by atoms with E-state index < -0.39 is 23.6 Å². The summed E-state index contributed by atoms with van der Waals surface area (Å²) in [6.45, 7) is 1.70. The third-order valence-electron chi connectivity index (χ3n) is 4.72. The summed E-state index contributed by atoms with van der Waals surface area (Å²) in [7, 11) is 0. The highest BCUT2D eigenvalue weighted by Crippen LogP contribution is 2.26. The first-order valence-corrected chi connectivity index (χ1v) is 9.17. The van der Waals surface area contributed by atoms with Crippen LogP contribution in [0.15, 0.2) is 53.7 Å². The van der Waals surface area contributed by atoms with Crippen LogP contribution in [0.5, 0.6) is 0 Å². The Labute approximate surface area is 174 Å². The van der Waals surface area contributed by atoms with Gasteiger partial charge in [-0.25, -0.2) is 23.3 Å². The van der Waals surface area contributed by atoms with E-state index in [4.69, 9.17) is 5.73 Å². The molecule has 0 radical (unpaired) electrons. The summed E-state index contributed by atoms with van der Waals surface area (Å²) >= 11 is 0. The summed E-state index contributed by atoms with van der Waals surface area (Å²) in [4.78, 5) is 21.1. The van der Waals surface area contributed by atoms with E-state index in [0.717, 1.165) is 4.52 Å². The molecule has 0 unspecified atom stereocenters. The van der Waals surface area contributed by atoms with E-state index in [1.165, 1.54) is 23.2 Å². The maximum absolute atomic E-state index is 13.5. The molecule has 9 nitrogen and oxygen atoms in total. The average molecular weight is 422 g/mol. The van der Waals surface area contributed by atoms with Crippen LogP contribution >= 0.6 is 0 Å². The molecule has 0 bridgehead atoms. The molecule has 0 aliphatic rings. The van der Waals surface area contributed by atoms with Crippen molar-refractivity contribution in [1.82, 2.24) is 24.1 Å². The van der Waals surface area contributed by atoms with E-state index >= 15 is 0 Å². The Kier molecular flexibility index (Phi) is 5.04. The Hall–Kier alpha value is -4.33. The van der Waals surface area contributed by atoms with Crippen molar-refractivity contribution in [2.45, 2.75) is 19.4 Å². The molecule has 3 aromatic heterocycles. The van der Waals surface area contributed by atoms with Gasteiger partial charge in [0.1, 0.15) is 35.1 Å². The van der Waals surface area contributed by atoms with Crippen molar-refractivity contribution in [3.05, 3.63) is 76.2 Å². The minimum Gasteiger partial charge on any atom is -0.382 e. The quantitative estimate of drug-likeness (QED) is 0.506. The second-order valence-electron chi connectivity index (χ2n) is 6.66. The largest absolute Gasteiger partial charge is 0.382 e. The van der Waals surface area contributed by atoms with Crippen LogP contribution in [0.2, 0.25) is 0 Å². The monoisotopic (exact) mass is 422 g/mol. The molecule has 156 valence electrons. The number of hydrogen-bond donors (Lipinski definition) is 2. The smallest absolute Gasteiger partial charge is 0.283 e. The molecule has 4 rings (SSSR count). The Bertz CT molecular complexity index is 1360. The molecular formula is C20H16F2N8O. The second-order valence-corrected chi connectivity index (χ2v) is 6.66. The van der Waals surface area contributed by atoms with E-state index in [2.05, 4.69) is 20.4 Å². The van der Waals surface area contributed by atoms with Gasteiger partial charge in [0, 0.05) is 6.20 Å². The number of para-hydroxylation sites is 1. The highest BCUT2D eigenvalue weighted by Gasteiger charge is 2.24. The van der Waals surface area contributed by atoms with Gasteiger partial charge in [-0.3, -0.25) is 9.36 Å². The molecule has 0 saturated heterocycles. The molecule has 31 heavy (non-hydrogen) atoms. The summed E-state index contributed by atoms with van der Waals surface area (Å²) in [5.74, 6) is 0.390. The Morgan fingerprint density at radius 1 is 1.19 bits per heavy atom. The summed E-state index contributed by atoms with van der Waals surface area (Å²) in [6, 6.07) is 11.0. The SMILES string of the molecule is C[C@H](Nc1ncnc(N)c1C#N)c1nn2ccc(C(F)F)c2c(=O)n1-c1ccccc1. The molecule has 0 saturated carbocycles. The number of hydrogen-bond acceptors (Lipinski definition) is 7. The fourth-order valence-electron chi connectivity index (χ4n) is 3.28. The zero-order valence-corrected chi connectivity index (χ0v) is 16.2. The number of aromatic nitrogens is 5. The van der Waals surface area contributed by atoms with Crippen molar-refractivity contribution in [1.29, 1.82) is 5.26 Å². The number of nitrogens with one attached hydrogen (secondary N) is 1. The Balaban J connectivity index is 1.92. The minimum atomic E-state index is -2.83. The number of alkyl halides is 2. The highest BCUT2D eigenvalue weighted by molar-refractivity contribution is 5.62. The van der Waals surface area contributed by atoms with Crippen molar-refractivity contribution in [3.63, 3.8) is 0 Å². The van der Waals surface area contributed by atoms with Gasteiger partial charge in [0.05, 0.1) is 17.3 Å². The zero-order chi connectivity index (χ0) is 22.1. The van der Waals surface area contributed by atoms with Gasteiger partial charge in [0.15, 0.2) is 5.82 Å². The molecule has 4 aromatic rings. The summed E-state index contributed by atoms with van der Waals surface area (Å²) in [5, 5.41) is 16.8. The minimum absolute atomic E-state index is 0.00282. The number of nitrogens with two attached hydrogens (primary N) is 1. The Morgan fingerprint density at radius 3 is 2.61 bits per heavy atom. The lowest BCUT2D eigenvalue weighted by Gasteiger charge is -2.20. The molecule has 1 aromatic carbocycles. The first kappa shape index (κ1) is 20.0. The van der Waals surface area contributed by atoms with Gasteiger partial charge < -0.3 is 11.1 Å². The van der Waals surface area contributed by atoms with Crippen LogP contribution in [-0.4, -0.2) is 24.1 Å². The number of halogens is 2. The van der Waals surface area contributed by atoms with Crippen molar-refractivity contribution >= 4 is 17.2 Å². The topological polar surface area (TPSA) is 127 Å². The van der Waals surface area contributed by atoms with Gasteiger partial charge >= 0.3 is 0 Å². The van der Waals surface area contributed by atoms with Crippen LogP contribution < -0.4 is 16.6 Å². The maximum Gasteiger partial charge on any atom is 0.283 e. The lowest BCUT2D eigenvalue weighted by atomic mass is 10.2. The van der Waals surface area contributed by atoms with E-state index in [1.807, 2.05) is 6.07 Å². The van der Waals surface area contributed by atoms with Crippen LogP contribution in [0.3, 0.4) is 0 Å². The first-order valence-electron chi connectivity index (χ1n) is 9.17. The molecule has 3 heterocycles. The lowest BCUT2D eigenvalue weighted by molar-refractivity contribution is 0.153. The predicted molar refractivity (Wildman–Crippen MR) is 109 cm³/mol. The number of nitrogens with zero attached hydrogens (tertiary/aromatic N) is 6. The van der Waals surface area contributed by atoms with Crippen LogP contribution in [-0.2, 0) is 0 Å². The number of rotatable bonds is 5. The molecule has 11 heteroatoms. The third-order valence-corrected chi connectivity index (χ3v) is 4.72. The van der Waals surface area contributed by atoms with Crippen molar-refractivity contribution in [2.75, 3.05) is 11.1 Å². The molecule has 3 N–H and O–H groups in total. The van der Waals surface area contributed by atoms with Crippen molar-refractivity contribution in [3.8, 4) is 11.8 Å². The van der Waals surface area contributed by atoms with E-state index in [9.17, 15) is 18.8 Å². The second kappa shape index (κ2) is 7.83. The van der Waals surface area contributed by atoms with E-state index in [0.29, 0.717) is 5.69 Å². The van der Waals surface area contributed by atoms with Gasteiger partial charge in [-0.15, -0.1) is 0 Å². The van der Waals surface area contributed by atoms with Crippen LogP contribution in [0.1, 0.15) is 36.3 Å². The number of fused-ring (bicyclic) bond motifs is 1. The Morgan fingerprint density at radius 2 is 1.94 bits per heavy atom. The fourth-order valence-corrected chi connectivity index (χ4v) is 3.28. The maximum atomic E-state index is 13.5. The summed E-state index contributed by atoms with van der Waals surface area (Å²) < 4.78 is 29.3. The van der Waals surface area contributed by atoms with Gasteiger partial charge in [-0.2, -0.15) is 10.4 Å². The third kappa shape index (κ3) is 3.44. The van der Waals surface area contributed by atoms with Gasteiger partial charge in [0.2, 0.25) is 0 Å². The van der Waals surface area contributed by atoms with Gasteiger partial charge in [-0.05, 0) is 25.1 Å². The molecule has 0 aliphatic carbocycles. The number of benzene rings is 1. The fraction of sp³-hybridized carbons (Fsp3) is 0.150. The van der Waals surface area contributed by atoms with Gasteiger partial charge in [-0.1, -0.05) is 18.2 Å². The van der Waals surface area contributed by atoms with Crippen LogP contribution in [0.25, 0.3) is 11.2 Å².